The summed E-state index contributed by atoms with van der Waals surface area (Å²) in [6.07, 6.45) is 5.63. The molecule has 2 amide bonds. The summed E-state index contributed by atoms with van der Waals surface area (Å²) in [5, 5.41) is 22.6. The number of carbonyl (C=O) groups is 1. The summed E-state index contributed by atoms with van der Waals surface area (Å²) in [6, 6.07) is 6.82. The highest BCUT2D eigenvalue weighted by Gasteiger charge is 2.11. The topological polar surface area (TPSA) is 133 Å². The van der Waals surface area contributed by atoms with Gasteiger partial charge >= 0.3 is 6.03 Å². The van der Waals surface area contributed by atoms with Crippen LogP contribution in [0.3, 0.4) is 0 Å². The molecule has 4 aromatic rings. The van der Waals surface area contributed by atoms with E-state index in [1.807, 2.05) is 6.92 Å². The Morgan fingerprint density at radius 2 is 2.12 bits per heavy atom. The number of benzene rings is 1. The molecule has 3 N–H and O–H groups in total. The van der Waals surface area contributed by atoms with Crippen molar-refractivity contribution >= 4 is 56.6 Å². The number of nitriles is 1. The van der Waals surface area contributed by atoms with E-state index < -0.39 is 6.03 Å². The number of hydrogen-bond acceptors (Lipinski definition) is 8. The van der Waals surface area contributed by atoms with E-state index in [4.69, 9.17) is 16.9 Å². The van der Waals surface area contributed by atoms with Crippen LogP contribution in [0.5, 0.6) is 0 Å². The highest BCUT2D eigenvalue weighted by molar-refractivity contribution is 7.15. The van der Waals surface area contributed by atoms with Crippen molar-refractivity contribution in [1.82, 2.24) is 24.7 Å². The summed E-state index contributed by atoms with van der Waals surface area (Å²) in [4.78, 5) is 26.1. The smallest absolute Gasteiger partial charge is 0.325 e. The largest absolute Gasteiger partial charge is 0.368 e. The van der Waals surface area contributed by atoms with Gasteiger partial charge in [0.2, 0.25) is 0 Å². The quantitative estimate of drug-likeness (QED) is 0.324. The standard InChI is InChI=1S/C21H20ClN9OS/c1-13-8-15(3-2-14(13)9-23)29-20(32)30-21-25-10-16(33-21)4-6-24-19-18-17(26-12-27-19)11-28-31(18)7-5-22/h2-3,8,10-12H,4-7H2,1H3,(H,24,26,27)(H2,25,29,30,32). The Morgan fingerprint density at radius 3 is 2.91 bits per heavy atom. The predicted octanol–water partition coefficient (Wildman–Crippen LogP) is 4.00. The molecule has 33 heavy (non-hydrogen) atoms. The van der Waals surface area contributed by atoms with Crippen LogP contribution in [-0.4, -0.2) is 43.2 Å². The van der Waals surface area contributed by atoms with Crippen LogP contribution in [0.15, 0.2) is 36.9 Å². The van der Waals surface area contributed by atoms with Crippen molar-refractivity contribution < 1.29 is 4.79 Å². The Balaban J connectivity index is 1.32. The van der Waals surface area contributed by atoms with Crippen molar-refractivity contribution in [1.29, 1.82) is 5.26 Å². The first-order valence-corrected chi connectivity index (χ1v) is 11.4. The van der Waals surface area contributed by atoms with Crippen LogP contribution in [0.1, 0.15) is 16.0 Å². The summed E-state index contributed by atoms with van der Waals surface area (Å²) in [5.74, 6) is 1.14. The van der Waals surface area contributed by atoms with E-state index >= 15 is 0 Å². The molecule has 3 heterocycles. The third-order valence-electron chi connectivity index (χ3n) is 4.77. The highest BCUT2D eigenvalue weighted by Crippen LogP contribution is 2.22. The minimum absolute atomic E-state index is 0.394. The average molecular weight is 482 g/mol. The van der Waals surface area contributed by atoms with Gasteiger partial charge in [0.1, 0.15) is 17.4 Å². The summed E-state index contributed by atoms with van der Waals surface area (Å²) in [7, 11) is 0. The average Bonchev–Trinajstić information content (AvgIpc) is 3.41. The number of thiazole rings is 1. The monoisotopic (exact) mass is 481 g/mol. The third kappa shape index (κ3) is 5.36. The maximum absolute atomic E-state index is 12.3. The molecule has 0 spiro atoms. The Bertz CT molecular complexity index is 1330. The van der Waals surface area contributed by atoms with Crippen LogP contribution in [-0.2, 0) is 13.0 Å². The van der Waals surface area contributed by atoms with Crippen LogP contribution in [0.2, 0.25) is 0 Å². The molecule has 0 saturated carbocycles. The second-order valence-corrected chi connectivity index (χ2v) is 8.54. The maximum Gasteiger partial charge on any atom is 0.325 e. The molecule has 10 nitrogen and oxygen atoms in total. The van der Waals surface area contributed by atoms with Crippen molar-refractivity contribution in [2.45, 2.75) is 19.9 Å². The molecule has 1 aromatic carbocycles. The zero-order chi connectivity index (χ0) is 23.2. The van der Waals surface area contributed by atoms with Crippen LogP contribution >= 0.6 is 22.9 Å². The van der Waals surface area contributed by atoms with Crippen LogP contribution < -0.4 is 16.0 Å². The number of nitrogens with zero attached hydrogens (tertiary/aromatic N) is 6. The lowest BCUT2D eigenvalue weighted by Crippen LogP contribution is -2.19. The second kappa shape index (κ2) is 10.2. The van der Waals surface area contributed by atoms with Crippen molar-refractivity contribution in [2.24, 2.45) is 0 Å². The molecule has 12 heteroatoms. The fraction of sp³-hybridized carbons (Fsp3) is 0.238. The van der Waals surface area contributed by atoms with Gasteiger partial charge in [-0.25, -0.2) is 19.7 Å². The van der Waals surface area contributed by atoms with Gasteiger partial charge in [0.05, 0.1) is 24.4 Å². The number of anilines is 3. The number of alkyl halides is 1. The van der Waals surface area contributed by atoms with Crippen molar-refractivity contribution in [3.63, 3.8) is 0 Å². The molecular formula is C21H20ClN9OS. The first-order chi connectivity index (χ1) is 16.1. The Morgan fingerprint density at radius 1 is 1.24 bits per heavy atom. The summed E-state index contributed by atoms with van der Waals surface area (Å²) in [5.41, 5.74) is 3.55. The number of amides is 2. The lowest BCUT2D eigenvalue weighted by atomic mass is 10.1. The third-order valence-corrected chi connectivity index (χ3v) is 5.91. The minimum atomic E-state index is -0.394. The Kier molecular flexibility index (Phi) is 6.97. The van der Waals surface area contributed by atoms with Gasteiger partial charge in [0, 0.05) is 35.6 Å². The van der Waals surface area contributed by atoms with E-state index in [-0.39, 0.29) is 0 Å². The molecule has 0 atom stereocenters. The van der Waals surface area contributed by atoms with Gasteiger partial charge in [0.25, 0.3) is 0 Å². The molecule has 0 saturated heterocycles. The van der Waals surface area contributed by atoms with E-state index in [1.54, 1.807) is 35.3 Å². The Hall–Kier alpha value is -3.75. The molecule has 0 aliphatic rings. The molecule has 168 valence electrons. The normalized spacial score (nSPS) is 10.7. The van der Waals surface area contributed by atoms with Gasteiger partial charge in [-0.3, -0.25) is 10.00 Å². The highest BCUT2D eigenvalue weighted by atomic mass is 35.5. The minimum Gasteiger partial charge on any atom is -0.368 e. The number of halogens is 1. The SMILES string of the molecule is Cc1cc(NC(=O)Nc2ncc(CCNc3ncnc4cnn(CCCl)c34)s2)ccc1C#N. The molecule has 0 aliphatic carbocycles. The number of urea groups is 1. The summed E-state index contributed by atoms with van der Waals surface area (Å²) >= 11 is 7.26. The van der Waals surface area contributed by atoms with E-state index in [2.05, 4.69) is 42.1 Å². The van der Waals surface area contributed by atoms with E-state index in [1.165, 1.54) is 17.7 Å². The lowest BCUT2D eigenvalue weighted by Gasteiger charge is -2.08. The number of nitrogens with one attached hydrogen (secondary N) is 3. The van der Waals surface area contributed by atoms with Crippen LogP contribution in [0.4, 0.5) is 21.4 Å². The van der Waals surface area contributed by atoms with Gasteiger partial charge in [-0.05, 0) is 30.7 Å². The van der Waals surface area contributed by atoms with E-state index in [0.29, 0.717) is 47.6 Å². The Labute approximate surface area is 198 Å². The van der Waals surface area contributed by atoms with Gasteiger partial charge in [-0.2, -0.15) is 10.4 Å². The number of aryl methyl sites for hydroxylation is 2. The fourth-order valence-corrected chi connectivity index (χ4v) is 4.18. The lowest BCUT2D eigenvalue weighted by molar-refractivity contribution is 0.262. The number of fused-ring (bicyclic) bond motifs is 1. The first-order valence-electron chi connectivity index (χ1n) is 10.1. The molecular weight excluding hydrogens is 462 g/mol. The zero-order valence-corrected chi connectivity index (χ0v) is 19.2. The summed E-state index contributed by atoms with van der Waals surface area (Å²) in [6.45, 7) is 3.01. The molecule has 0 unspecified atom stereocenters. The van der Waals surface area contributed by atoms with Gasteiger partial charge in [-0.15, -0.1) is 22.9 Å². The molecule has 0 aliphatic heterocycles. The predicted molar refractivity (Wildman–Crippen MR) is 129 cm³/mol. The van der Waals surface area contributed by atoms with Crippen molar-refractivity contribution in [2.75, 3.05) is 28.4 Å². The number of carbonyl (C=O) groups excluding carboxylic acids is 1. The van der Waals surface area contributed by atoms with Gasteiger partial charge < -0.3 is 10.6 Å². The summed E-state index contributed by atoms with van der Waals surface area (Å²) < 4.78 is 1.79. The number of aromatic nitrogens is 5. The molecule has 0 bridgehead atoms. The fourth-order valence-electron chi connectivity index (χ4n) is 3.21. The van der Waals surface area contributed by atoms with Gasteiger partial charge in [0.15, 0.2) is 10.9 Å². The second-order valence-electron chi connectivity index (χ2n) is 7.04. The maximum atomic E-state index is 12.3. The van der Waals surface area contributed by atoms with E-state index in [9.17, 15) is 4.79 Å². The van der Waals surface area contributed by atoms with Crippen LogP contribution in [0, 0.1) is 18.3 Å². The molecule has 0 radical (unpaired) electrons. The van der Waals surface area contributed by atoms with Crippen molar-refractivity contribution in [3.05, 3.63) is 52.9 Å². The first kappa shape index (κ1) is 22.4. The molecule has 3 aromatic heterocycles. The number of hydrogen-bond donors (Lipinski definition) is 3. The molecule has 4 rings (SSSR count). The van der Waals surface area contributed by atoms with Gasteiger partial charge in [-0.1, -0.05) is 0 Å². The van der Waals surface area contributed by atoms with Crippen molar-refractivity contribution in [3.8, 4) is 6.07 Å². The number of rotatable bonds is 8. The zero-order valence-electron chi connectivity index (χ0n) is 17.7. The van der Waals surface area contributed by atoms with E-state index in [0.717, 1.165) is 21.5 Å². The van der Waals surface area contributed by atoms with Crippen LogP contribution in [0.25, 0.3) is 11.0 Å². The molecule has 0 fully saturated rings.